The van der Waals surface area contributed by atoms with Crippen molar-refractivity contribution in [2.75, 3.05) is 52.5 Å². The van der Waals surface area contributed by atoms with Crippen molar-refractivity contribution in [2.45, 2.75) is 6.42 Å². The van der Waals surface area contributed by atoms with Gasteiger partial charge in [0.05, 0.1) is 25.9 Å². The molecule has 0 aromatic rings. The molecule has 0 fully saturated rings. The summed E-state index contributed by atoms with van der Waals surface area (Å²) in [4.78, 5) is 12.9. The van der Waals surface area contributed by atoms with Crippen LogP contribution in [0.1, 0.15) is 6.42 Å². The van der Waals surface area contributed by atoms with Crippen LogP contribution in [-0.4, -0.2) is 71.8 Å². The van der Waals surface area contributed by atoms with Gasteiger partial charge in [-0.3, -0.25) is 9.69 Å². The molecule has 17 heavy (non-hydrogen) atoms. The van der Waals surface area contributed by atoms with E-state index in [-0.39, 0.29) is 18.1 Å². The topological polar surface area (TPSA) is 72.9 Å². The zero-order valence-corrected chi connectivity index (χ0v) is 11.5. The number of carbonyl (C=O) groups excluding carboxylic acids is 1. The van der Waals surface area contributed by atoms with Crippen LogP contribution < -0.4 is 0 Å². The smallest absolute Gasteiger partial charge is 0.306 e. The van der Waals surface area contributed by atoms with Gasteiger partial charge in [0, 0.05) is 33.0 Å². The number of hydrogen-bond acceptors (Lipinski definition) is 6. The van der Waals surface area contributed by atoms with Gasteiger partial charge in [0.2, 0.25) is 0 Å². The molecule has 0 aromatic heterocycles. The number of hydrogen-bond donors (Lipinski definition) is 0. The molecule has 0 aliphatic carbocycles. The summed E-state index contributed by atoms with van der Waals surface area (Å²) < 4.78 is 31.6. The lowest BCUT2D eigenvalue weighted by atomic mass is 10.3. The summed E-state index contributed by atoms with van der Waals surface area (Å²) in [6, 6.07) is 0. The van der Waals surface area contributed by atoms with Crippen molar-refractivity contribution in [2.24, 2.45) is 0 Å². The number of esters is 1. The minimum Gasteiger partial charge on any atom is -0.469 e. The maximum absolute atomic E-state index is 11.1. The molecular formula is C10H21NO5S. The molecule has 0 aromatic carbocycles. The Bertz CT molecular complexity index is 315. The standard InChI is InChI=1S/C10H21NO5S/c1-15-8-6-11(5-4-10(12)16-2)7-9-17(3,13)14/h4-9H2,1-3H3. The van der Waals surface area contributed by atoms with Crippen LogP contribution in [0.15, 0.2) is 0 Å². The van der Waals surface area contributed by atoms with Crippen molar-refractivity contribution in [3.63, 3.8) is 0 Å². The van der Waals surface area contributed by atoms with Crippen molar-refractivity contribution in [1.82, 2.24) is 4.90 Å². The number of carbonyl (C=O) groups is 1. The fourth-order valence-electron chi connectivity index (χ4n) is 1.20. The maximum atomic E-state index is 11.1. The number of ether oxygens (including phenoxy) is 2. The highest BCUT2D eigenvalue weighted by atomic mass is 32.2. The fraction of sp³-hybridized carbons (Fsp3) is 0.900. The minimum absolute atomic E-state index is 0.0812. The highest BCUT2D eigenvalue weighted by Crippen LogP contribution is 1.96. The van der Waals surface area contributed by atoms with Gasteiger partial charge in [-0.2, -0.15) is 0 Å². The van der Waals surface area contributed by atoms with E-state index in [0.29, 0.717) is 26.2 Å². The molecule has 0 N–H and O–H groups in total. The molecule has 0 aliphatic heterocycles. The Morgan fingerprint density at radius 2 is 1.82 bits per heavy atom. The Morgan fingerprint density at radius 3 is 2.29 bits per heavy atom. The van der Waals surface area contributed by atoms with Gasteiger partial charge in [-0.15, -0.1) is 0 Å². The first-order chi connectivity index (χ1) is 7.89. The zero-order valence-electron chi connectivity index (χ0n) is 10.6. The third-order valence-electron chi connectivity index (χ3n) is 2.25. The van der Waals surface area contributed by atoms with E-state index < -0.39 is 9.84 Å². The molecule has 0 spiro atoms. The summed E-state index contributed by atoms with van der Waals surface area (Å²) in [7, 11) is -0.0769. The van der Waals surface area contributed by atoms with Gasteiger partial charge in [-0.05, 0) is 0 Å². The molecule has 0 radical (unpaired) electrons. The Labute approximate surface area is 103 Å². The van der Waals surface area contributed by atoms with E-state index in [2.05, 4.69) is 4.74 Å². The van der Waals surface area contributed by atoms with E-state index in [4.69, 9.17) is 4.74 Å². The zero-order chi connectivity index (χ0) is 13.3. The van der Waals surface area contributed by atoms with E-state index in [9.17, 15) is 13.2 Å². The first-order valence-corrected chi connectivity index (χ1v) is 7.41. The van der Waals surface area contributed by atoms with Gasteiger partial charge < -0.3 is 9.47 Å². The van der Waals surface area contributed by atoms with Crippen LogP contribution >= 0.6 is 0 Å². The average molecular weight is 267 g/mol. The molecule has 0 heterocycles. The monoisotopic (exact) mass is 267 g/mol. The molecule has 0 saturated heterocycles. The van der Waals surface area contributed by atoms with Crippen molar-refractivity contribution in [3.8, 4) is 0 Å². The van der Waals surface area contributed by atoms with Crippen LogP contribution in [-0.2, 0) is 24.1 Å². The summed E-state index contributed by atoms with van der Waals surface area (Å²) in [6.07, 6.45) is 1.45. The Kier molecular flexibility index (Phi) is 8.11. The molecule has 6 nitrogen and oxygen atoms in total. The van der Waals surface area contributed by atoms with Gasteiger partial charge in [0.25, 0.3) is 0 Å². The van der Waals surface area contributed by atoms with Crippen molar-refractivity contribution in [1.29, 1.82) is 0 Å². The molecule has 0 amide bonds. The minimum atomic E-state index is -2.99. The average Bonchev–Trinajstić information content (AvgIpc) is 2.26. The lowest BCUT2D eigenvalue weighted by Crippen LogP contribution is -2.34. The molecular weight excluding hydrogens is 246 g/mol. The largest absolute Gasteiger partial charge is 0.469 e. The van der Waals surface area contributed by atoms with E-state index >= 15 is 0 Å². The number of nitrogens with zero attached hydrogens (tertiary/aromatic N) is 1. The Balaban J connectivity index is 4.08. The quantitative estimate of drug-likeness (QED) is 0.527. The fourth-order valence-corrected chi connectivity index (χ4v) is 1.79. The summed E-state index contributed by atoms with van der Waals surface area (Å²) >= 11 is 0. The van der Waals surface area contributed by atoms with Gasteiger partial charge in [0.1, 0.15) is 9.84 Å². The number of rotatable bonds is 9. The van der Waals surface area contributed by atoms with E-state index in [1.54, 1.807) is 7.11 Å². The van der Waals surface area contributed by atoms with Gasteiger partial charge >= 0.3 is 5.97 Å². The lowest BCUT2D eigenvalue weighted by Gasteiger charge is -2.20. The van der Waals surface area contributed by atoms with Crippen molar-refractivity contribution >= 4 is 15.8 Å². The molecule has 0 aliphatic rings. The molecule has 102 valence electrons. The van der Waals surface area contributed by atoms with E-state index in [1.165, 1.54) is 13.4 Å². The van der Waals surface area contributed by atoms with Gasteiger partial charge in [-0.25, -0.2) is 8.42 Å². The number of methoxy groups -OCH3 is 2. The predicted molar refractivity (Wildman–Crippen MR) is 64.7 cm³/mol. The normalized spacial score (nSPS) is 11.8. The third-order valence-corrected chi connectivity index (χ3v) is 3.17. The molecule has 0 atom stereocenters. The predicted octanol–water partition coefficient (Wildman–Crippen LogP) is -0.457. The highest BCUT2D eigenvalue weighted by Gasteiger charge is 2.11. The first kappa shape index (κ1) is 16.3. The SMILES string of the molecule is COCCN(CCC(=O)OC)CCS(C)(=O)=O. The summed E-state index contributed by atoms with van der Waals surface area (Å²) in [5, 5.41) is 0. The first-order valence-electron chi connectivity index (χ1n) is 5.35. The molecule has 0 saturated carbocycles. The molecule has 0 bridgehead atoms. The number of sulfone groups is 1. The van der Waals surface area contributed by atoms with E-state index in [0.717, 1.165) is 0 Å². The van der Waals surface area contributed by atoms with E-state index in [1.807, 2.05) is 4.90 Å². The van der Waals surface area contributed by atoms with Crippen LogP contribution in [0, 0.1) is 0 Å². The van der Waals surface area contributed by atoms with Crippen molar-refractivity contribution in [3.05, 3.63) is 0 Å². The Morgan fingerprint density at radius 1 is 1.18 bits per heavy atom. The van der Waals surface area contributed by atoms with Crippen LogP contribution in [0.3, 0.4) is 0 Å². The van der Waals surface area contributed by atoms with Crippen LogP contribution in [0.25, 0.3) is 0 Å². The van der Waals surface area contributed by atoms with Crippen LogP contribution in [0.4, 0.5) is 0 Å². The maximum Gasteiger partial charge on any atom is 0.306 e. The van der Waals surface area contributed by atoms with Crippen LogP contribution in [0.5, 0.6) is 0 Å². The van der Waals surface area contributed by atoms with Gasteiger partial charge in [-0.1, -0.05) is 0 Å². The van der Waals surface area contributed by atoms with Gasteiger partial charge in [0.15, 0.2) is 0 Å². The second-order valence-corrected chi connectivity index (χ2v) is 6.05. The van der Waals surface area contributed by atoms with Crippen molar-refractivity contribution < 1.29 is 22.7 Å². The molecule has 0 rings (SSSR count). The highest BCUT2D eigenvalue weighted by molar-refractivity contribution is 7.90. The lowest BCUT2D eigenvalue weighted by molar-refractivity contribution is -0.141. The second-order valence-electron chi connectivity index (χ2n) is 3.79. The third kappa shape index (κ3) is 10.2. The Hall–Kier alpha value is -0.660. The second kappa shape index (κ2) is 8.43. The summed E-state index contributed by atoms with van der Waals surface area (Å²) in [6.45, 7) is 1.98. The summed E-state index contributed by atoms with van der Waals surface area (Å²) in [5.74, 6) is -0.218. The molecule has 0 unspecified atom stereocenters. The van der Waals surface area contributed by atoms with Crippen LogP contribution in [0.2, 0.25) is 0 Å². The summed E-state index contributed by atoms with van der Waals surface area (Å²) in [5.41, 5.74) is 0. The molecule has 7 heteroatoms.